The number of halogens is 10. The molecule has 0 atom stereocenters. The van der Waals surface area contributed by atoms with Crippen LogP contribution in [0.5, 0.6) is 0 Å². The number of rotatable bonds is 3. The van der Waals surface area contributed by atoms with E-state index in [9.17, 15) is 43.9 Å². The maximum atomic E-state index is 13.5. The molecule has 0 amide bonds. The van der Waals surface area contributed by atoms with Gasteiger partial charge in [0.1, 0.15) is 5.69 Å². The molecule has 0 saturated carbocycles. The highest BCUT2D eigenvalue weighted by molar-refractivity contribution is 5.53. The van der Waals surface area contributed by atoms with Gasteiger partial charge >= 0.3 is 12.2 Å². The van der Waals surface area contributed by atoms with E-state index in [-0.39, 0.29) is 0 Å². The van der Waals surface area contributed by atoms with Gasteiger partial charge in [0.05, 0.1) is 0 Å². The molecule has 0 bridgehead atoms. The van der Waals surface area contributed by atoms with Gasteiger partial charge in [0.2, 0.25) is 0 Å². The molecule has 21 heavy (non-hydrogen) atoms. The van der Waals surface area contributed by atoms with Crippen molar-refractivity contribution >= 4 is 5.69 Å². The molecule has 120 valence electrons. The van der Waals surface area contributed by atoms with Crippen molar-refractivity contribution in [2.75, 3.05) is 11.7 Å². The highest BCUT2D eigenvalue weighted by Crippen LogP contribution is 2.43. The summed E-state index contributed by atoms with van der Waals surface area (Å²) in [4.78, 5) is -1.67. The molecule has 0 N–H and O–H groups in total. The third-order valence-electron chi connectivity index (χ3n) is 2.53. The lowest BCUT2D eigenvalue weighted by Crippen LogP contribution is -2.53. The summed E-state index contributed by atoms with van der Waals surface area (Å²) in [6.45, 7) is -2.25. The van der Waals surface area contributed by atoms with Crippen molar-refractivity contribution in [3.63, 3.8) is 0 Å². The first kappa shape index (κ1) is 17.4. The predicted molar refractivity (Wildman–Crippen MR) is 50.5 cm³/mol. The molecule has 0 saturated heterocycles. The monoisotopic (exact) mass is 329 g/mol. The van der Waals surface area contributed by atoms with Crippen molar-refractivity contribution in [1.82, 2.24) is 0 Å². The quantitative estimate of drug-likeness (QED) is 0.343. The maximum Gasteiger partial charge on any atom is 0.475 e. The van der Waals surface area contributed by atoms with Crippen molar-refractivity contribution in [3.8, 4) is 0 Å². The smallest absolute Gasteiger partial charge is 0.271 e. The molecule has 1 nitrogen and oxygen atoms in total. The number of benzene rings is 1. The molecule has 0 radical (unpaired) electrons. The van der Waals surface area contributed by atoms with E-state index >= 15 is 0 Å². The predicted octanol–water partition coefficient (Wildman–Crippen LogP) is 4.44. The van der Waals surface area contributed by atoms with Gasteiger partial charge in [0.25, 0.3) is 0 Å². The first-order chi connectivity index (χ1) is 9.37. The van der Waals surface area contributed by atoms with E-state index in [0.29, 0.717) is 6.92 Å². The molecule has 1 aromatic rings. The van der Waals surface area contributed by atoms with Crippen LogP contribution in [-0.4, -0.2) is 19.0 Å². The van der Waals surface area contributed by atoms with Gasteiger partial charge in [-0.3, -0.25) is 4.90 Å². The fourth-order valence-electron chi connectivity index (χ4n) is 1.40. The Balaban J connectivity index is 3.65. The van der Waals surface area contributed by atoms with Gasteiger partial charge in [-0.2, -0.15) is 22.0 Å². The van der Waals surface area contributed by atoms with E-state index < -0.39 is 58.4 Å². The molecular weight excluding hydrogens is 324 g/mol. The molecule has 0 spiro atoms. The standard InChI is InChI=1S/C10H5F10N/c1-3-4(12)6(14)7(15)8(5(3)13)21(2-11)10(19,20)9(16,17)18/h2H2,1H3. The minimum atomic E-state index is -6.41. The largest absolute Gasteiger partial charge is 0.475 e. The molecule has 0 aliphatic carbocycles. The summed E-state index contributed by atoms with van der Waals surface area (Å²) >= 11 is 0. The van der Waals surface area contributed by atoms with E-state index in [1.165, 1.54) is 0 Å². The number of hydrogen-bond acceptors (Lipinski definition) is 1. The van der Waals surface area contributed by atoms with Crippen LogP contribution in [-0.2, 0) is 0 Å². The zero-order valence-corrected chi connectivity index (χ0v) is 9.93. The lowest BCUT2D eigenvalue weighted by Gasteiger charge is -2.32. The van der Waals surface area contributed by atoms with Gasteiger partial charge in [-0.1, -0.05) is 0 Å². The maximum absolute atomic E-state index is 13.5. The van der Waals surface area contributed by atoms with Crippen molar-refractivity contribution in [1.29, 1.82) is 0 Å². The number of alkyl halides is 6. The Bertz CT molecular complexity index is 521. The van der Waals surface area contributed by atoms with Crippen molar-refractivity contribution in [2.45, 2.75) is 19.1 Å². The summed E-state index contributed by atoms with van der Waals surface area (Å²) in [5.41, 5.74) is -3.73. The Morgan fingerprint density at radius 3 is 1.67 bits per heavy atom. The van der Waals surface area contributed by atoms with Crippen LogP contribution in [0.1, 0.15) is 5.56 Å². The van der Waals surface area contributed by atoms with Crippen LogP contribution < -0.4 is 4.90 Å². The number of nitrogens with zero attached hydrogens (tertiary/aromatic N) is 1. The van der Waals surface area contributed by atoms with Crippen LogP contribution in [0, 0.1) is 30.2 Å². The Labute approximate surface area is 110 Å². The van der Waals surface area contributed by atoms with Gasteiger partial charge in [-0.15, -0.1) is 0 Å². The third kappa shape index (κ3) is 2.60. The van der Waals surface area contributed by atoms with Crippen LogP contribution >= 0.6 is 0 Å². The second kappa shape index (κ2) is 5.26. The molecule has 0 aliphatic heterocycles. The fraction of sp³-hybridized carbons (Fsp3) is 0.400. The summed E-state index contributed by atoms with van der Waals surface area (Å²) in [5.74, 6) is -9.59. The van der Waals surface area contributed by atoms with Gasteiger partial charge in [-0.25, -0.2) is 22.0 Å². The van der Waals surface area contributed by atoms with Crippen LogP contribution in [0.2, 0.25) is 0 Å². The summed E-state index contributed by atoms with van der Waals surface area (Å²) < 4.78 is 128. The van der Waals surface area contributed by atoms with Gasteiger partial charge in [-0.05, 0) is 6.92 Å². The zero-order chi connectivity index (χ0) is 16.7. The molecule has 0 aliphatic rings. The van der Waals surface area contributed by atoms with Gasteiger partial charge < -0.3 is 0 Å². The van der Waals surface area contributed by atoms with Crippen molar-refractivity contribution in [3.05, 3.63) is 28.8 Å². The second-order valence-electron chi connectivity index (χ2n) is 3.82. The van der Waals surface area contributed by atoms with Crippen molar-refractivity contribution in [2.24, 2.45) is 0 Å². The van der Waals surface area contributed by atoms with E-state index in [2.05, 4.69) is 0 Å². The second-order valence-corrected chi connectivity index (χ2v) is 3.82. The lowest BCUT2D eigenvalue weighted by atomic mass is 10.1. The SMILES string of the molecule is Cc1c(F)c(F)c(F)c(N(CF)C(F)(F)C(F)(F)F)c1F. The van der Waals surface area contributed by atoms with E-state index in [1.54, 1.807) is 0 Å². The van der Waals surface area contributed by atoms with Gasteiger partial charge in [0.15, 0.2) is 30.1 Å². The topological polar surface area (TPSA) is 3.24 Å². The van der Waals surface area contributed by atoms with Crippen LogP contribution in [0.15, 0.2) is 0 Å². The minimum absolute atomic E-state index is 0.457. The molecule has 0 aromatic heterocycles. The molecule has 0 unspecified atom stereocenters. The molecular formula is C10H5F10N. The summed E-state index contributed by atoms with van der Waals surface area (Å²) in [7, 11) is 0. The fourth-order valence-corrected chi connectivity index (χ4v) is 1.40. The highest BCUT2D eigenvalue weighted by Gasteiger charge is 2.63. The minimum Gasteiger partial charge on any atom is -0.271 e. The lowest BCUT2D eigenvalue weighted by molar-refractivity contribution is -0.283. The third-order valence-corrected chi connectivity index (χ3v) is 2.53. The molecule has 0 fully saturated rings. The van der Waals surface area contributed by atoms with E-state index in [0.717, 1.165) is 0 Å². The van der Waals surface area contributed by atoms with Gasteiger partial charge in [0, 0.05) is 5.56 Å². The normalized spacial score (nSPS) is 12.7. The highest BCUT2D eigenvalue weighted by atomic mass is 19.4. The summed E-state index contributed by atoms with van der Waals surface area (Å²) in [5, 5.41) is 0. The average molecular weight is 329 g/mol. The summed E-state index contributed by atoms with van der Waals surface area (Å²) in [6, 6.07) is -6.04. The molecule has 1 aromatic carbocycles. The first-order valence-corrected chi connectivity index (χ1v) is 4.98. The van der Waals surface area contributed by atoms with Crippen LogP contribution in [0.3, 0.4) is 0 Å². The summed E-state index contributed by atoms with van der Waals surface area (Å²) in [6.07, 6.45) is -6.41. The van der Waals surface area contributed by atoms with E-state index in [1.807, 2.05) is 0 Å². The zero-order valence-electron chi connectivity index (χ0n) is 9.93. The van der Waals surface area contributed by atoms with Crippen molar-refractivity contribution < 1.29 is 43.9 Å². The molecule has 11 heteroatoms. The number of hydrogen-bond donors (Lipinski definition) is 0. The average Bonchev–Trinajstić information content (AvgIpc) is 2.37. The van der Waals surface area contributed by atoms with Crippen LogP contribution in [0.25, 0.3) is 0 Å². The van der Waals surface area contributed by atoms with E-state index in [4.69, 9.17) is 0 Å². The molecule has 1 rings (SSSR count). The Morgan fingerprint density at radius 1 is 0.810 bits per heavy atom. The Hall–Kier alpha value is -1.68. The first-order valence-electron chi connectivity index (χ1n) is 4.98. The Morgan fingerprint density at radius 2 is 1.29 bits per heavy atom. The molecule has 0 heterocycles. The Kier molecular flexibility index (Phi) is 4.35. The number of anilines is 1. The van der Waals surface area contributed by atoms with Crippen LogP contribution in [0.4, 0.5) is 49.6 Å².